The van der Waals surface area contributed by atoms with Crippen molar-refractivity contribution in [3.05, 3.63) is 52.1 Å². The summed E-state index contributed by atoms with van der Waals surface area (Å²) in [4.78, 5) is 15.5. The minimum Gasteiger partial charge on any atom is -0.494 e. The Morgan fingerprint density at radius 2 is 1.89 bits per heavy atom. The van der Waals surface area contributed by atoms with Crippen LogP contribution in [0.5, 0.6) is 5.75 Å². The van der Waals surface area contributed by atoms with E-state index in [1.54, 1.807) is 0 Å². The molecule has 0 atom stereocenters. The van der Waals surface area contributed by atoms with Gasteiger partial charge < -0.3 is 9.72 Å². The molecule has 2 aromatic rings. The molecule has 2 rings (SSSR count). The number of ether oxygens (including phenoxy) is 1. The fourth-order valence-electron chi connectivity index (χ4n) is 2.02. The van der Waals surface area contributed by atoms with Gasteiger partial charge in [-0.2, -0.15) is 0 Å². The Labute approximate surface area is 111 Å². The number of ketones is 1. The van der Waals surface area contributed by atoms with Crippen LogP contribution in [0.15, 0.2) is 18.2 Å². The van der Waals surface area contributed by atoms with Crippen LogP contribution in [0.25, 0.3) is 0 Å². The van der Waals surface area contributed by atoms with Crippen LogP contribution in [0.2, 0.25) is 0 Å². The molecule has 0 aliphatic heterocycles. The summed E-state index contributed by atoms with van der Waals surface area (Å²) in [5, 5.41) is 0. The zero-order valence-corrected chi connectivity index (χ0v) is 11.4. The van der Waals surface area contributed by atoms with E-state index >= 15 is 0 Å². The Hall–Kier alpha value is -2.10. The molecule has 0 amide bonds. The number of H-pyrrole nitrogens is 1. The van der Waals surface area contributed by atoms with Crippen LogP contribution in [-0.2, 0) is 0 Å². The van der Waals surface area contributed by atoms with Gasteiger partial charge in [-0.15, -0.1) is 0 Å². The standard InChI is InChI=1S/C15H16FNO2/c1-8-9(2)14(17-10(8)3)15(18)11-5-6-12(16)13(7-11)19-4/h5-7,17H,1-4H3. The molecule has 0 radical (unpaired) electrons. The summed E-state index contributed by atoms with van der Waals surface area (Å²) in [6.07, 6.45) is 0. The molecule has 0 saturated heterocycles. The summed E-state index contributed by atoms with van der Waals surface area (Å²) in [7, 11) is 1.38. The number of halogens is 1. The van der Waals surface area contributed by atoms with E-state index in [1.807, 2.05) is 20.8 Å². The highest BCUT2D eigenvalue weighted by molar-refractivity contribution is 6.09. The predicted octanol–water partition coefficient (Wildman–Crippen LogP) is 3.32. The predicted molar refractivity (Wildman–Crippen MR) is 71.4 cm³/mol. The number of hydrogen-bond donors (Lipinski definition) is 1. The number of methoxy groups -OCH3 is 1. The van der Waals surface area contributed by atoms with Crippen molar-refractivity contribution in [2.45, 2.75) is 20.8 Å². The van der Waals surface area contributed by atoms with Gasteiger partial charge in [-0.25, -0.2) is 4.39 Å². The number of nitrogens with one attached hydrogen (secondary N) is 1. The van der Waals surface area contributed by atoms with Crippen molar-refractivity contribution in [3.8, 4) is 5.75 Å². The van der Waals surface area contributed by atoms with E-state index in [0.29, 0.717) is 11.3 Å². The quantitative estimate of drug-likeness (QED) is 0.861. The molecule has 0 spiro atoms. The number of rotatable bonds is 3. The molecule has 1 N–H and O–H groups in total. The van der Waals surface area contributed by atoms with Gasteiger partial charge in [0.25, 0.3) is 0 Å². The maximum Gasteiger partial charge on any atom is 0.209 e. The first-order valence-electron chi connectivity index (χ1n) is 5.99. The lowest BCUT2D eigenvalue weighted by Gasteiger charge is -2.05. The lowest BCUT2D eigenvalue weighted by Crippen LogP contribution is -2.04. The van der Waals surface area contributed by atoms with Crippen LogP contribution < -0.4 is 4.74 Å². The van der Waals surface area contributed by atoms with Crippen LogP contribution in [0.1, 0.15) is 32.9 Å². The topological polar surface area (TPSA) is 42.1 Å². The second kappa shape index (κ2) is 4.88. The van der Waals surface area contributed by atoms with Crippen molar-refractivity contribution in [2.75, 3.05) is 7.11 Å². The third-order valence-corrected chi connectivity index (χ3v) is 3.45. The van der Waals surface area contributed by atoms with E-state index in [-0.39, 0.29) is 11.5 Å². The van der Waals surface area contributed by atoms with Gasteiger partial charge in [-0.1, -0.05) is 0 Å². The number of hydrogen-bond acceptors (Lipinski definition) is 2. The number of aromatic amines is 1. The van der Waals surface area contributed by atoms with Crippen molar-refractivity contribution in [1.29, 1.82) is 0 Å². The van der Waals surface area contributed by atoms with Crippen molar-refractivity contribution < 1.29 is 13.9 Å². The smallest absolute Gasteiger partial charge is 0.209 e. The van der Waals surface area contributed by atoms with Crippen molar-refractivity contribution in [1.82, 2.24) is 4.98 Å². The summed E-state index contributed by atoms with van der Waals surface area (Å²) in [6.45, 7) is 5.78. The van der Waals surface area contributed by atoms with Gasteiger partial charge in [0.05, 0.1) is 12.8 Å². The Morgan fingerprint density at radius 1 is 1.21 bits per heavy atom. The Kier molecular flexibility index (Phi) is 3.42. The van der Waals surface area contributed by atoms with Crippen LogP contribution in [0.4, 0.5) is 4.39 Å². The summed E-state index contributed by atoms with van der Waals surface area (Å²) >= 11 is 0. The largest absolute Gasteiger partial charge is 0.494 e. The number of aromatic nitrogens is 1. The summed E-state index contributed by atoms with van der Waals surface area (Å²) in [5.41, 5.74) is 3.91. The molecule has 1 heterocycles. The molecule has 4 heteroatoms. The Balaban J connectivity index is 2.47. The molecular weight excluding hydrogens is 245 g/mol. The molecule has 3 nitrogen and oxygen atoms in total. The van der Waals surface area contributed by atoms with Gasteiger partial charge in [-0.05, 0) is 50.1 Å². The molecule has 0 fully saturated rings. The highest BCUT2D eigenvalue weighted by Crippen LogP contribution is 2.23. The minimum absolute atomic E-state index is 0.0727. The molecule has 1 aromatic heterocycles. The van der Waals surface area contributed by atoms with Crippen molar-refractivity contribution >= 4 is 5.78 Å². The van der Waals surface area contributed by atoms with Gasteiger partial charge >= 0.3 is 0 Å². The molecule has 0 saturated carbocycles. The SMILES string of the molecule is COc1cc(C(=O)c2[nH]c(C)c(C)c2C)ccc1F. The molecular formula is C15H16FNO2. The van der Waals surface area contributed by atoms with Crippen LogP contribution >= 0.6 is 0 Å². The van der Waals surface area contributed by atoms with E-state index in [1.165, 1.54) is 25.3 Å². The first-order chi connectivity index (χ1) is 8.95. The fourth-order valence-corrected chi connectivity index (χ4v) is 2.02. The maximum atomic E-state index is 13.3. The molecule has 0 unspecified atom stereocenters. The summed E-state index contributed by atoms with van der Waals surface area (Å²) in [5.74, 6) is -0.565. The van der Waals surface area contributed by atoms with E-state index in [0.717, 1.165) is 16.8 Å². The summed E-state index contributed by atoms with van der Waals surface area (Å²) in [6, 6.07) is 4.12. The normalized spacial score (nSPS) is 10.6. The van der Waals surface area contributed by atoms with Gasteiger partial charge in [0, 0.05) is 11.3 Å². The molecule has 0 aliphatic rings. The van der Waals surface area contributed by atoms with Crippen molar-refractivity contribution in [2.24, 2.45) is 0 Å². The monoisotopic (exact) mass is 261 g/mol. The third-order valence-electron chi connectivity index (χ3n) is 3.45. The van der Waals surface area contributed by atoms with Gasteiger partial charge in [0.15, 0.2) is 11.6 Å². The zero-order valence-electron chi connectivity index (χ0n) is 11.4. The van der Waals surface area contributed by atoms with Crippen LogP contribution in [-0.4, -0.2) is 17.9 Å². The minimum atomic E-state index is -0.477. The molecule has 1 aromatic carbocycles. The van der Waals surface area contributed by atoms with Crippen LogP contribution in [0, 0.1) is 26.6 Å². The average Bonchev–Trinajstić information content (AvgIpc) is 2.66. The van der Waals surface area contributed by atoms with Gasteiger partial charge in [-0.3, -0.25) is 4.79 Å². The second-order valence-corrected chi connectivity index (χ2v) is 4.55. The van der Waals surface area contributed by atoms with E-state index in [9.17, 15) is 9.18 Å². The van der Waals surface area contributed by atoms with E-state index in [4.69, 9.17) is 4.74 Å². The number of carbonyl (C=O) groups excluding carboxylic acids is 1. The van der Waals surface area contributed by atoms with Gasteiger partial charge in [0.2, 0.25) is 5.78 Å². The number of carbonyl (C=O) groups is 1. The van der Waals surface area contributed by atoms with Crippen molar-refractivity contribution in [3.63, 3.8) is 0 Å². The average molecular weight is 261 g/mol. The lowest BCUT2D eigenvalue weighted by molar-refractivity contribution is 0.103. The zero-order chi connectivity index (χ0) is 14.2. The Bertz CT molecular complexity index is 644. The molecule has 0 aliphatic carbocycles. The highest BCUT2D eigenvalue weighted by Gasteiger charge is 2.18. The lowest BCUT2D eigenvalue weighted by atomic mass is 10.0. The van der Waals surface area contributed by atoms with E-state index in [2.05, 4.69) is 4.98 Å². The molecule has 0 bridgehead atoms. The summed E-state index contributed by atoms with van der Waals surface area (Å²) < 4.78 is 18.2. The number of aryl methyl sites for hydroxylation is 1. The first-order valence-corrected chi connectivity index (χ1v) is 5.99. The third kappa shape index (κ3) is 2.26. The second-order valence-electron chi connectivity index (χ2n) is 4.55. The Morgan fingerprint density at radius 3 is 2.42 bits per heavy atom. The highest BCUT2D eigenvalue weighted by atomic mass is 19.1. The first kappa shape index (κ1) is 13.3. The maximum absolute atomic E-state index is 13.3. The molecule has 19 heavy (non-hydrogen) atoms. The molecule has 100 valence electrons. The fraction of sp³-hybridized carbons (Fsp3) is 0.267. The van der Waals surface area contributed by atoms with E-state index < -0.39 is 5.82 Å². The van der Waals surface area contributed by atoms with Crippen LogP contribution in [0.3, 0.4) is 0 Å². The number of benzene rings is 1. The van der Waals surface area contributed by atoms with Gasteiger partial charge in [0.1, 0.15) is 0 Å².